The van der Waals surface area contributed by atoms with Gasteiger partial charge in [0.25, 0.3) is 5.91 Å². The Morgan fingerprint density at radius 1 is 1.22 bits per heavy atom. The fourth-order valence-electron chi connectivity index (χ4n) is 5.58. The first-order valence-corrected chi connectivity index (χ1v) is 12.6. The largest absolute Gasteiger partial charge is 0.435 e. The molecule has 1 saturated carbocycles. The summed E-state index contributed by atoms with van der Waals surface area (Å²) in [6, 6.07) is 4.76. The number of halogens is 3. The zero-order chi connectivity index (χ0) is 25.8. The zero-order valence-electron chi connectivity index (χ0n) is 20.6. The third kappa shape index (κ3) is 5.00. The molecular formula is C26H32F3N5O2. The average Bonchev–Trinajstić information content (AvgIpc) is 3.49. The van der Waals surface area contributed by atoms with Crippen LogP contribution in [0.25, 0.3) is 5.69 Å². The van der Waals surface area contributed by atoms with Gasteiger partial charge in [0.2, 0.25) is 0 Å². The van der Waals surface area contributed by atoms with Crippen molar-refractivity contribution in [1.82, 2.24) is 14.7 Å². The maximum Gasteiger partial charge on any atom is 0.435 e. The molecule has 0 spiro atoms. The Kier molecular flexibility index (Phi) is 6.13. The Balaban J connectivity index is 1.52. The van der Waals surface area contributed by atoms with E-state index in [1.807, 2.05) is 13.8 Å². The van der Waals surface area contributed by atoms with Crippen molar-refractivity contribution in [1.29, 1.82) is 0 Å². The van der Waals surface area contributed by atoms with Gasteiger partial charge in [-0.2, -0.15) is 18.3 Å². The van der Waals surface area contributed by atoms with E-state index >= 15 is 0 Å². The van der Waals surface area contributed by atoms with E-state index < -0.39 is 29.0 Å². The molecular weight excluding hydrogens is 471 g/mol. The topological polar surface area (TPSA) is 93.2 Å². The molecule has 36 heavy (non-hydrogen) atoms. The predicted molar refractivity (Wildman–Crippen MR) is 129 cm³/mol. The van der Waals surface area contributed by atoms with Crippen LogP contribution in [0.5, 0.6) is 0 Å². The van der Waals surface area contributed by atoms with E-state index in [1.165, 1.54) is 29.7 Å². The normalized spacial score (nSPS) is 22.4. The molecule has 3 aliphatic rings. The van der Waals surface area contributed by atoms with Gasteiger partial charge in [-0.15, -0.1) is 0 Å². The molecule has 1 saturated heterocycles. The molecule has 2 heterocycles. The minimum absolute atomic E-state index is 0.0290. The van der Waals surface area contributed by atoms with E-state index in [4.69, 9.17) is 5.73 Å². The molecule has 2 fully saturated rings. The number of amides is 1. The number of aromatic nitrogens is 2. The average molecular weight is 504 g/mol. The molecule has 2 aromatic rings. The van der Waals surface area contributed by atoms with Crippen LogP contribution in [0.15, 0.2) is 18.2 Å². The smallest absolute Gasteiger partial charge is 0.380 e. The molecule has 1 aromatic heterocycles. The van der Waals surface area contributed by atoms with Crippen molar-refractivity contribution in [3.63, 3.8) is 0 Å². The lowest BCUT2D eigenvalue weighted by molar-refractivity contribution is -0.141. The highest BCUT2D eigenvalue weighted by Crippen LogP contribution is 2.42. The minimum Gasteiger partial charge on any atom is -0.380 e. The first-order valence-electron chi connectivity index (χ1n) is 12.6. The maximum atomic E-state index is 13.9. The van der Waals surface area contributed by atoms with Crippen LogP contribution in [-0.4, -0.2) is 52.0 Å². The van der Waals surface area contributed by atoms with E-state index in [0.29, 0.717) is 11.4 Å². The quantitative estimate of drug-likeness (QED) is 0.608. The Hall–Kier alpha value is -2.88. The van der Waals surface area contributed by atoms with Crippen molar-refractivity contribution < 1.29 is 22.8 Å². The lowest BCUT2D eigenvalue weighted by Crippen LogP contribution is -2.43. The van der Waals surface area contributed by atoms with Crippen LogP contribution in [0.1, 0.15) is 78.1 Å². The lowest BCUT2D eigenvalue weighted by Gasteiger charge is -2.34. The van der Waals surface area contributed by atoms with E-state index in [1.54, 1.807) is 6.07 Å². The second-order valence-electron chi connectivity index (χ2n) is 11.3. The number of rotatable bonds is 6. The van der Waals surface area contributed by atoms with Crippen molar-refractivity contribution in [2.45, 2.75) is 64.6 Å². The fourth-order valence-corrected chi connectivity index (χ4v) is 5.58. The molecule has 3 N–H and O–H groups in total. The van der Waals surface area contributed by atoms with Crippen molar-refractivity contribution in [3.8, 4) is 5.69 Å². The summed E-state index contributed by atoms with van der Waals surface area (Å²) in [6.07, 6.45) is 0.0352. The van der Waals surface area contributed by atoms with Gasteiger partial charge >= 0.3 is 6.18 Å². The number of nitrogens with two attached hydrogens (primary N) is 1. The van der Waals surface area contributed by atoms with Crippen LogP contribution in [0.2, 0.25) is 0 Å². The van der Waals surface area contributed by atoms with Crippen LogP contribution in [-0.2, 0) is 12.6 Å². The zero-order valence-corrected chi connectivity index (χ0v) is 20.6. The van der Waals surface area contributed by atoms with Crippen molar-refractivity contribution in [3.05, 3.63) is 40.7 Å². The lowest BCUT2D eigenvalue weighted by atomic mass is 9.75. The third-order valence-electron chi connectivity index (χ3n) is 7.41. The van der Waals surface area contributed by atoms with Crippen molar-refractivity contribution >= 4 is 17.4 Å². The molecule has 1 aromatic carbocycles. The van der Waals surface area contributed by atoms with E-state index in [9.17, 15) is 22.8 Å². The van der Waals surface area contributed by atoms with Gasteiger partial charge in [0, 0.05) is 31.2 Å². The van der Waals surface area contributed by atoms with Crippen LogP contribution in [0, 0.1) is 11.3 Å². The molecule has 1 unspecified atom stereocenters. The van der Waals surface area contributed by atoms with E-state index in [0.717, 1.165) is 38.4 Å². The second kappa shape index (κ2) is 8.90. The van der Waals surface area contributed by atoms with Crippen LogP contribution < -0.4 is 11.1 Å². The van der Waals surface area contributed by atoms with Gasteiger partial charge < -0.3 is 16.0 Å². The number of nitrogens with zero attached hydrogens (tertiary/aromatic N) is 3. The molecule has 1 aliphatic heterocycles. The van der Waals surface area contributed by atoms with Crippen molar-refractivity contribution in [2.24, 2.45) is 17.1 Å². The summed E-state index contributed by atoms with van der Waals surface area (Å²) >= 11 is 0. The molecule has 0 bridgehead atoms. The minimum atomic E-state index is -4.76. The monoisotopic (exact) mass is 503 g/mol. The van der Waals surface area contributed by atoms with Gasteiger partial charge in [-0.1, -0.05) is 13.8 Å². The molecule has 194 valence electrons. The Morgan fingerprint density at radius 3 is 2.64 bits per heavy atom. The SMILES string of the molecule is CC1(C)CC(=O)c2c(C(F)(F)F)nn(-c3ccc(C(N)=O)c(NC4CCCN(CC5CC5)C4)c3)c2C1. The van der Waals surface area contributed by atoms with Gasteiger partial charge in [-0.25, -0.2) is 4.68 Å². The number of likely N-dealkylation sites (tertiary alicyclic amines) is 1. The van der Waals surface area contributed by atoms with Gasteiger partial charge in [0.1, 0.15) is 0 Å². The molecule has 10 heteroatoms. The fraction of sp³-hybridized carbons (Fsp3) is 0.577. The first-order chi connectivity index (χ1) is 16.9. The molecule has 1 atom stereocenters. The number of alkyl halides is 3. The van der Waals surface area contributed by atoms with Gasteiger partial charge in [-0.05, 0) is 68.2 Å². The number of fused-ring (bicyclic) bond motifs is 1. The van der Waals surface area contributed by atoms with Crippen LogP contribution >= 0.6 is 0 Å². The van der Waals surface area contributed by atoms with Crippen LogP contribution in [0.3, 0.4) is 0 Å². The highest BCUT2D eigenvalue weighted by Gasteiger charge is 2.45. The summed E-state index contributed by atoms with van der Waals surface area (Å²) in [4.78, 5) is 27.4. The summed E-state index contributed by atoms with van der Waals surface area (Å²) < 4.78 is 42.8. The van der Waals surface area contributed by atoms with Gasteiger partial charge in [0.15, 0.2) is 11.5 Å². The molecule has 0 radical (unpaired) electrons. The number of piperidine rings is 1. The second-order valence-corrected chi connectivity index (χ2v) is 11.3. The van der Waals surface area contributed by atoms with Gasteiger partial charge in [-0.3, -0.25) is 9.59 Å². The summed E-state index contributed by atoms with van der Waals surface area (Å²) in [5.41, 5.74) is 4.97. The van der Waals surface area contributed by atoms with Crippen molar-refractivity contribution in [2.75, 3.05) is 25.0 Å². The number of benzene rings is 1. The summed E-state index contributed by atoms with van der Waals surface area (Å²) in [5, 5.41) is 7.32. The molecule has 2 aliphatic carbocycles. The van der Waals surface area contributed by atoms with Crippen LogP contribution in [0.4, 0.5) is 18.9 Å². The molecule has 5 rings (SSSR count). The maximum absolute atomic E-state index is 13.9. The number of primary amides is 1. The number of ketones is 1. The van der Waals surface area contributed by atoms with Gasteiger partial charge in [0.05, 0.1) is 22.5 Å². The van der Waals surface area contributed by atoms with E-state index in [-0.39, 0.29) is 35.7 Å². The number of hydrogen-bond donors (Lipinski definition) is 2. The number of anilines is 1. The summed E-state index contributed by atoms with van der Waals surface area (Å²) in [7, 11) is 0. The third-order valence-corrected chi connectivity index (χ3v) is 7.41. The summed E-state index contributed by atoms with van der Waals surface area (Å²) in [6.45, 7) is 6.67. The van der Waals surface area contributed by atoms with E-state index in [2.05, 4.69) is 15.3 Å². The number of hydrogen-bond acceptors (Lipinski definition) is 5. The molecule has 7 nitrogen and oxygen atoms in total. The highest BCUT2D eigenvalue weighted by atomic mass is 19.4. The predicted octanol–water partition coefficient (Wildman–Crippen LogP) is 4.43. The summed E-state index contributed by atoms with van der Waals surface area (Å²) in [5.74, 6) is -0.400. The number of nitrogens with one attached hydrogen (secondary N) is 1. The standard InChI is InChI=1S/C26H32F3N5O2/c1-25(2)11-20-22(21(35)12-25)23(26(27,28)29)32-34(20)17-7-8-18(24(30)36)19(10-17)31-16-4-3-9-33(14-16)13-15-5-6-15/h7-8,10,15-16,31H,3-6,9,11-14H2,1-2H3,(H2,30,36). The Labute approximate surface area is 208 Å². The highest BCUT2D eigenvalue weighted by molar-refractivity contribution is 6.00. The number of carbonyl (C=O) groups is 2. The number of Topliss-reactive ketones (excluding diaryl/α,β-unsaturated/α-hetero) is 1. The number of carbonyl (C=O) groups excluding carboxylic acids is 2. The Bertz CT molecular complexity index is 1200. The molecule has 1 amide bonds. The Morgan fingerprint density at radius 2 is 1.97 bits per heavy atom. The first kappa shape index (κ1) is 24.8.